The summed E-state index contributed by atoms with van der Waals surface area (Å²) >= 11 is 0. The first-order valence-corrected chi connectivity index (χ1v) is 6.16. The Balaban J connectivity index is 2.97. The van der Waals surface area contributed by atoms with Gasteiger partial charge in [0.1, 0.15) is 5.41 Å². The lowest BCUT2D eigenvalue weighted by Gasteiger charge is -2.36. The molecule has 100 valence electrons. The van der Waals surface area contributed by atoms with Crippen molar-refractivity contribution < 1.29 is 18.3 Å². The minimum absolute atomic E-state index is 0.345. The van der Waals surface area contributed by atoms with Crippen LogP contribution in [0.1, 0.15) is 38.5 Å². The van der Waals surface area contributed by atoms with E-state index in [4.69, 9.17) is 5.73 Å². The molecule has 1 fully saturated rings. The van der Waals surface area contributed by atoms with Gasteiger partial charge in [-0.05, 0) is 18.8 Å². The second-order valence-corrected chi connectivity index (χ2v) is 4.73. The topological polar surface area (TPSA) is 52.3 Å². The Labute approximate surface area is 101 Å². The fourth-order valence-electron chi connectivity index (χ4n) is 2.76. The Hall–Kier alpha value is -0.710. The van der Waals surface area contributed by atoms with Crippen LogP contribution >= 0.6 is 0 Å². The van der Waals surface area contributed by atoms with E-state index >= 15 is 0 Å². The monoisotopic (exact) mass is 249 g/mol. The summed E-state index contributed by atoms with van der Waals surface area (Å²) in [6.07, 6.45) is 2.37. The number of carbonyl (C=O) groups is 1. The number of hydrogen-bond acceptors (Lipinski definition) is 3. The second-order valence-electron chi connectivity index (χ2n) is 4.73. The second kappa shape index (κ2) is 6.28. The smallest absolute Gasteiger partial charge is 0.319 e. The summed E-state index contributed by atoms with van der Waals surface area (Å²) in [6, 6.07) is 0. The van der Waals surface area contributed by atoms with E-state index in [1.807, 2.05) is 0 Å². The van der Waals surface area contributed by atoms with Crippen molar-refractivity contribution in [1.82, 2.24) is 0 Å². The van der Waals surface area contributed by atoms with Gasteiger partial charge in [0.05, 0.1) is 7.11 Å². The number of carbonyl (C=O) groups excluding carboxylic acids is 1. The van der Waals surface area contributed by atoms with Gasteiger partial charge in [0.15, 0.2) is 0 Å². The summed E-state index contributed by atoms with van der Waals surface area (Å²) < 4.78 is 31.2. The van der Waals surface area contributed by atoms with Crippen LogP contribution in [0.15, 0.2) is 0 Å². The van der Waals surface area contributed by atoms with Crippen molar-refractivity contribution in [3.8, 4) is 0 Å². The number of alkyl halides is 2. The molecule has 0 bridgehead atoms. The molecule has 2 N–H and O–H groups in total. The van der Waals surface area contributed by atoms with E-state index in [1.54, 1.807) is 0 Å². The number of esters is 1. The molecule has 0 saturated heterocycles. The van der Waals surface area contributed by atoms with Gasteiger partial charge >= 0.3 is 5.97 Å². The molecule has 0 heterocycles. The standard InChI is InChI=1S/C12H21F2NO2/c1-17-11(16)12(8-15,10(13)14)9-6-4-2-3-5-7-9/h9-10H,2-8,15H2,1H3. The van der Waals surface area contributed by atoms with Crippen molar-refractivity contribution in [2.75, 3.05) is 13.7 Å². The van der Waals surface area contributed by atoms with Crippen molar-refractivity contribution in [3.63, 3.8) is 0 Å². The maximum absolute atomic E-state index is 13.3. The van der Waals surface area contributed by atoms with E-state index in [1.165, 1.54) is 0 Å². The summed E-state index contributed by atoms with van der Waals surface area (Å²) in [5.41, 5.74) is 3.68. The number of ether oxygens (including phenoxy) is 1. The third-order valence-electron chi connectivity index (χ3n) is 3.88. The molecule has 5 heteroatoms. The maximum Gasteiger partial charge on any atom is 0.319 e. The van der Waals surface area contributed by atoms with Crippen LogP contribution in [0.3, 0.4) is 0 Å². The molecule has 1 rings (SSSR count). The molecule has 1 aliphatic carbocycles. The van der Waals surface area contributed by atoms with Crippen LogP contribution in [-0.4, -0.2) is 26.0 Å². The van der Waals surface area contributed by atoms with E-state index in [2.05, 4.69) is 4.74 Å². The van der Waals surface area contributed by atoms with E-state index in [9.17, 15) is 13.6 Å². The Morgan fingerprint density at radius 1 is 1.35 bits per heavy atom. The Morgan fingerprint density at radius 3 is 2.24 bits per heavy atom. The molecule has 0 aromatic carbocycles. The predicted molar refractivity (Wildman–Crippen MR) is 60.7 cm³/mol. The Bertz CT molecular complexity index is 253. The van der Waals surface area contributed by atoms with Gasteiger partial charge in [-0.3, -0.25) is 4.79 Å². The molecule has 1 aliphatic rings. The van der Waals surface area contributed by atoms with Gasteiger partial charge in [0.25, 0.3) is 6.43 Å². The molecule has 17 heavy (non-hydrogen) atoms. The molecule has 1 unspecified atom stereocenters. The van der Waals surface area contributed by atoms with Gasteiger partial charge in [-0.2, -0.15) is 0 Å². The van der Waals surface area contributed by atoms with Crippen molar-refractivity contribution in [1.29, 1.82) is 0 Å². The molecule has 0 aromatic rings. The minimum Gasteiger partial charge on any atom is -0.468 e. The zero-order valence-corrected chi connectivity index (χ0v) is 10.3. The quantitative estimate of drug-likeness (QED) is 0.614. The summed E-state index contributed by atoms with van der Waals surface area (Å²) in [4.78, 5) is 11.7. The fourth-order valence-corrected chi connectivity index (χ4v) is 2.76. The number of halogens is 2. The Morgan fingerprint density at radius 2 is 1.88 bits per heavy atom. The molecular formula is C12H21F2NO2. The van der Waals surface area contributed by atoms with E-state index in [0.29, 0.717) is 12.8 Å². The van der Waals surface area contributed by atoms with Crippen molar-refractivity contribution in [2.45, 2.75) is 45.0 Å². The van der Waals surface area contributed by atoms with Crippen LogP contribution in [-0.2, 0) is 9.53 Å². The van der Waals surface area contributed by atoms with Crippen LogP contribution in [0.2, 0.25) is 0 Å². The number of hydrogen-bond donors (Lipinski definition) is 1. The van der Waals surface area contributed by atoms with Crippen LogP contribution in [0.25, 0.3) is 0 Å². The SMILES string of the molecule is COC(=O)C(CN)(C(F)F)C1CCCCCC1. The van der Waals surface area contributed by atoms with Gasteiger partial charge in [-0.25, -0.2) is 8.78 Å². The zero-order valence-electron chi connectivity index (χ0n) is 10.3. The highest BCUT2D eigenvalue weighted by molar-refractivity contribution is 5.78. The van der Waals surface area contributed by atoms with Crippen LogP contribution in [0, 0.1) is 11.3 Å². The lowest BCUT2D eigenvalue weighted by molar-refractivity contribution is -0.169. The average Bonchev–Trinajstić information content (AvgIpc) is 2.59. The first kappa shape index (κ1) is 14.4. The highest BCUT2D eigenvalue weighted by atomic mass is 19.3. The van der Waals surface area contributed by atoms with Crippen LogP contribution in [0.5, 0.6) is 0 Å². The lowest BCUT2D eigenvalue weighted by Crippen LogP contribution is -2.51. The Kier molecular flexibility index (Phi) is 5.31. The molecule has 1 atom stereocenters. The van der Waals surface area contributed by atoms with E-state index in [-0.39, 0.29) is 12.5 Å². The molecule has 3 nitrogen and oxygen atoms in total. The highest BCUT2D eigenvalue weighted by Gasteiger charge is 2.52. The summed E-state index contributed by atoms with van der Waals surface area (Å²) in [6.45, 7) is -0.345. The number of nitrogens with two attached hydrogens (primary N) is 1. The number of methoxy groups -OCH3 is 1. The third-order valence-corrected chi connectivity index (χ3v) is 3.88. The lowest BCUT2D eigenvalue weighted by atomic mass is 9.71. The predicted octanol–water partition coefficient (Wildman–Crippen LogP) is 2.34. The van der Waals surface area contributed by atoms with Crippen molar-refractivity contribution in [3.05, 3.63) is 0 Å². The molecule has 0 aliphatic heterocycles. The van der Waals surface area contributed by atoms with E-state index < -0.39 is 17.8 Å². The first-order chi connectivity index (χ1) is 8.09. The summed E-state index contributed by atoms with van der Waals surface area (Å²) in [5.74, 6) is -1.22. The van der Waals surface area contributed by atoms with Crippen molar-refractivity contribution >= 4 is 5.97 Å². The van der Waals surface area contributed by atoms with Crippen LogP contribution in [0.4, 0.5) is 8.78 Å². The maximum atomic E-state index is 13.3. The third kappa shape index (κ3) is 2.76. The molecular weight excluding hydrogens is 228 g/mol. The van der Waals surface area contributed by atoms with Crippen molar-refractivity contribution in [2.24, 2.45) is 17.1 Å². The van der Waals surface area contributed by atoms with Gasteiger partial charge in [-0.15, -0.1) is 0 Å². The molecule has 0 amide bonds. The molecule has 1 saturated carbocycles. The number of rotatable bonds is 4. The summed E-state index contributed by atoms with van der Waals surface area (Å²) in [5, 5.41) is 0. The fraction of sp³-hybridized carbons (Fsp3) is 0.917. The first-order valence-electron chi connectivity index (χ1n) is 6.16. The molecule has 0 spiro atoms. The zero-order chi connectivity index (χ0) is 12.9. The highest BCUT2D eigenvalue weighted by Crippen LogP contribution is 2.42. The van der Waals surface area contributed by atoms with Crippen LogP contribution < -0.4 is 5.73 Å². The summed E-state index contributed by atoms with van der Waals surface area (Å²) in [7, 11) is 1.14. The molecule has 0 radical (unpaired) electrons. The van der Waals surface area contributed by atoms with Gasteiger partial charge in [-0.1, -0.05) is 25.7 Å². The van der Waals surface area contributed by atoms with Gasteiger partial charge in [0, 0.05) is 6.54 Å². The molecule has 0 aromatic heterocycles. The van der Waals surface area contributed by atoms with E-state index in [0.717, 1.165) is 32.8 Å². The van der Waals surface area contributed by atoms with Gasteiger partial charge in [0.2, 0.25) is 0 Å². The largest absolute Gasteiger partial charge is 0.468 e. The normalized spacial score (nSPS) is 21.9. The minimum atomic E-state index is -2.76. The van der Waals surface area contributed by atoms with Gasteiger partial charge < -0.3 is 10.5 Å². The average molecular weight is 249 g/mol.